The molecule has 2 aromatic rings. The molecule has 12 heavy (non-hydrogen) atoms. The predicted molar refractivity (Wildman–Crippen MR) is 45.9 cm³/mol. The van der Waals surface area contributed by atoms with Crippen molar-refractivity contribution in [3.63, 3.8) is 0 Å². The highest BCUT2D eigenvalue weighted by molar-refractivity contribution is 6.57. The monoisotopic (exact) mass is 162 g/mol. The first kappa shape index (κ1) is 7.33. The zero-order chi connectivity index (χ0) is 8.55. The van der Waals surface area contributed by atoms with Gasteiger partial charge in [-0.15, -0.1) is 0 Å². The van der Waals surface area contributed by atoms with Crippen molar-refractivity contribution >= 4 is 23.7 Å². The lowest BCUT2D eigenvalue weighted by Crippen LogP contribution is -2.32. The molecule has 0 radical (unpaired) electrons. The summed E-state index contributed by atoms with van der Waals surface area (Å²) in [5.74, 6) is 0. The van der Waals surface area contributed by atoms with Crippen molar-refractivity contribution in [2.24, 2.45) is 0 Å². The zero-order valence-corrected chi connectivity index (χ0v) is 6.23. The summed E-state index contributed by atoms with van der Waals surface area (Å²) in [6, 6.07) is 5.11. The lowest BCUT2D eigenvalue weighted by Gasteiger charge is -1.96. The van der Waals surface area contributed by atoms with Gasteiger partial charge in [0.05, 0.1) is 16.6 Å². The normalized spacial score (nSPS) is 10.5. The Balaban J connectivity index is 2.60. The van der Waals surface area contributed by atoms with E-state index < -0.39 is 7.12 Å². The Kier molecular flexibility index (Phi) is 1.60. The third kappa shape index (κ3) is 1.09. The average molecular weight is 162 g/mol. The Morgan fingerprint density at radius 2 is 2.08 bits per heavy atom. The number of H-pyrrole nitrogens is 1. The number of nitrogens with one attached hydrogen (secondary N) is 1. The molecule has 2 aromatic heterocycles. The minimum Gasteiger partial charge on any atom is -0.422 e. The van der Waals surface area contributed by atoms with Crippen LogP contribution < -0.4 is 5.59 Å². The second-order valence-electron chi connectivity index (χ2n) is 2.52. The first-order valence-electron chi connectivity index (χ1n) is 3.57. The van der Waals surface area contributed by atoms with E-state index in [1.165, 1.54) is 0 Å². The van der Waals surface area contributed by atoms with Crippen LogP contribution >= 0.6 is 0 Å². The van der Waals surface area contributed by atoms with E-state index in [9.17, 15) is 0 Å². The second kappa shape index (κ2) is 2.62. The number of rotatable bonds is 1. The molecule has 0 spiro atoms. The third-order valence-electron chi connectivity index (χ3n) is 1.69. The van der Waals surface area contributed by atoms with Crippen molar-refractivity contribution in [2.45, 2.75) is 0 Å². The molecular weight excluding hydrogens is 155 g/mol. The molecule has 0 saturated carbocycles. The molecule has 0 bridgehead atoms. The smallest absolute Gasteiger partial charge is 0.422 e. The maximum atomic E-state index is 8.80. The minimum atomic E-state index is -1.50. The van der Waals surface area contributed by atoms with Crippen LogP contribution in [0.1, 0.15) is 0 Å². The molecule has 0 unspecified atom stereocenters. The highest BCUT2D eigenvalue weighted by Crippen LogP contribution is 2.05. The first-order valence-corrected chi connectivity index (χ1v) is 3.57. The Labute approximate surface area is 69.0 Å². The van der Waals surface area contributed by atoms with Crippen LogP contribution in [0, 0.1) is 0 Å². The fourth-order valence-electron chi connectivity index (χ4n) is 1.09. The Hall–Kier alpha value is -1.33. The van der Waals surface area contributed by atoms with Crippen molar-refractivity contribution in [2.75, 3.05) is 0 Å². The second-order valence-corrected chi connectivity index (χ2v) is 2.52. The molecule has 0 saturated heterocycles. The summed E-state index contributed by atoms with van der Waals surface area (Å²) in [5.41, 5.74) is 1.89. The van der Waals surface area contributed by atoms with Gasteiger partial charge in [0.25, 0.3) is 0 Å². The van der Waals surface area contributed by atoms with E-state index in [4.69, 9.17) is 10.0 Å². The first-order chi connectivity index (χ1) is 5.77. The number of nitrogens with zero attached hydrogens (tertiary/aromatic N) is 1. The number of aromatic amines is 1. The molecule has 0 atom stereocenters. The van der Waals surface area contributed by atoms with Gasteiger partial charge in [-0.2, -0.15) is 0 Å². The van der Waals surface area contributed by atoms with Gasteiger partial charge in [-0.25, -0.2) is 0 Å². The van der Waals surface area contributed by atoms with Gasteiger partial charge in [0.1, 0.15) is 0 Å². The summed E-state index contributed by atoms with van der Waals surface area (Å²) in [7, 11) is -1.50. The lowest BCUT2D eigenvalue weighted by molar-refractivity contribution is 0.424. The van der Waals surface area contributed by atoms with E-state index in [-0.39, 0.29) is 5.59 Å². The van der Waals surface area contributed by atoms with Gasteiger partial charge in [0.2, 0.25) is 0 Å². The van der Waals surface area contributed by atoms with E-state index >= 15 is 0 Å². The van der Waals surface area contributed by atoms with Crippen molar-refractivity contribution in [3.05, 3.63) is 24.4 Å². The highest BCUT2D eigenvalue weighted by atomic mass is 16.4. The predicted octanol–water partition coefficient (Wildman–Crippen LogP) is -0.757. The summed E-state index contributed by atoms with van der Waals surface area (Å²) >= 11 is 0. The van der Waals surface area contributed by atoms with Crippen LogP contribution in [-0.2, 0) is 0 Å². The Bertz CT molecular complexity index is 399. The number of hydrogen-bond donors (Lipinski definition) is 3. The molecule has 0 aliphatic rings. The van der Waals surface area contributed by atoms with E-state index in [0.717, 1.165) is 11.0 Å². The summed E-state index contributed by atoms with van der Waals surface area (Å²) in [6.07, 6.45) is 1.76. The molecule has 0 aliphatic carbocycles. The molecular formula is C7H7BN2O2. The van der Waals surface area contributed by atoms with Crippen molar-refractivity contribution in [3.8, 4) is 0 Å². The topological polar surface area (TPSA) is 69.1 Å². The van der Waals surface area contributed by atoms with Crippen molar-refractivity contribution < 1.29 is 10.0 Å². The summed E-state index contributed by atoms with van der Waals surface area (Å²) in [4.78, 5) is 6.96. The summed E-state index contributed by atoms with van der Waals surface area (Å²) < 4.78 is 0. The molecule has 4 nitrogen and oxygen atoms in total. The maximum absolute atomic E-state index is 8.80. The van der Waals surface area contributed by atoms with Crippen LogP contribution in [0.3, 0.4) is 0 Å². The Morgan fingerprint density at radius 1 is 1.25 bits per heavy atom. The van der Waals surface area contributed by atoms with Gasteiger partial charge in [0, 0.05) is 6.20 Å². The fraction of sp³-hybridized carbons (Fsp3) is 0. The van der Waals surface area contributed by atoms with E-state index in [1.54, 1.807) is 24.4 Å². The van der Waals surface area contributed by atoms with Crippen LogP contribution in [0.4, 0.5) is 0 Å². The van der Waals surface area contributed by atoms with E-state index in [0.29, 0.717) is 0 Å². The standard InChI is InChI=1S/C7H7BN2O2/c11-8(12)7-2-1-5-6(10-7)3-4-9-5/h1-4,9,11-12H. The van der Waals surface area contributed by atoms with Crippen LogP contribution in [0.2, 0.25) is 0 Å². The third-order valence-corrected chi connectivity index (χ3v) is 1.69. The van der Waals surface area contributed by atoms with Gasteiger partial charge in [-0.05, 0) is 18.2 Å². The van der Waals surface area contributed by atoms with Crippen LogP contribution in [0.25, 0.3) is 11.0 Å². The summed E-state index contributed by atoms with van der Waals surface area (Å²) in [6.45, 7) is 0. The fourth-order valence-corrected chi connectivity index (χ4v) is 1.09. The zero-order valence-electron chi connectivity index (χ0n) is 6.23. The van der Waals surface area contributed by atoms with Crippen molar-refractivity contribution in [1.82, 2.24) is 9.97 Å². The van der Waals surface area contributed by atoms with Gasteiger partial charge < -0.3 is 15.0 Å². The quantitative estimate of drug-likeness (QED) is 0.483. The highest BCUT2D eigenvalue weighted by Gasteiger charge is 2.12. The van der Waals surface area contributed by atoms with Gasteiger partial charge in [0.15, 0.2) is 0 Å². The molecule has 0 fully saturated rings. The summed E-state index contributed by atoms with van der Waals surface area (Å²) in [5, 5.41) is 17.6. The molecule has 60 valence electrons. The maximum Gasteiger partial charge on any atom is 0.508 e. The van der Waals surface area contributed by atoms with Gasteiger partial charge in [-0.1, -0.05) is 0 Å². The molecule has 0 aliphatic heterocycles. The van der Waals surface area contributed by atoms with Gasteiger partial charge >= 0.3 is 7.12 Å². The van der Waals surface area contributed by atoms with E-state index in [2.05, 4.69) is 9.97 Å². The van der Waals surface area contributed by atoms with Crippen LogP contribution in [-0.4, -0.2) is 27.1 Å². The van der Waals surface area contributed by atoms with Gasteiger partial charge in [-0.3, -0.25) is 4.98 Å². The molecule has 2 rings (SSSR count). The molecule has 3 N–H and O–H groups in total. The number of hydrogen-bond acceptors (Lipinski definition) is 3. The molecule has 0 amide bonds. The van der Waals surface area contributed by atoms with E-state index in [1.807, 2.05) is 0 Å². The van der Waals surface area contributed by atoms with Crippen LogP contribution in [0.15, 0.2) is 24.4 Å². The number of pyridine rings is 1. The largest absolute Gasteiger partial charge is 0.508 e. The lowest BCUT2D eigenvalue weighted by atomic mass is 9.86. The minimum absolute atomic E-state index is 0.266. The molecule has 2 heterocycles. The van der Waals surface area contributed by atoms with Crippen LogP contribution in [0.5, 0.6) is 0 Å². The average Bonchev–Trinajstić information content (AvgIpc) is 2.49. The Morgan fingerprint density at radius 3 is 2.83 bits per heavy atom. The SMILES string of the molecule is OB(O)c1ccc2[nH]ccc2n1. The number of aromatic nitrogens is 2. The van der Waals surface area contributed by atoms with Crippen molar-refractivity contribution in [1.29, 1.82) is 0 Å². The molecule has 5 heteroatoms. The number of fused-ring (bicyclic) bond motifs is 1. The molecule has 0 aromatic carbocycles.